The third-order valence-electron chi connectivity index (χ3n) is 5.91. The van der Waals surface area contributed by atoms with Gasteiger partial charge in [0, 0.05) is 17.0 Å². The SMILES string of the molecule is Cc1ccc(N=c2scc(-c3ccc4c(c3)NC(=O)CO4)n2C2CCCC2)c(C)c1. The van der Waals surface area contributed by atoms with Gasteiger partial charge in [0.1, 0.15) is 5.75 Å². The molecule has 2 heterocycles. The Morgan fingerprint density at radius 3 is 2.77 bits per heavy atom. The predicted octanol–water partition coefficient (Wildman–Crippen LogP) is 5.51. The van der Waals surface area contributed by atoms with Crippen molar-refractivity contribution in [2.24, 2.45) is 4.99 Å². The minimum Gasteiger partial charge on any atom is -0.482 e. The molecule has 0 unspecified atom stereocenters. The molecule has 2 aromatic carbocycles. The van der Waals surface area contributed by atoms with Gasteiger partial charge in [0.05, 0.1) is 17.1 Å². The van der Waals surface area contributed by atoms with E-state index >= 15 is 0 Å². The standard InChI is InChI=1S/C24H25N3O2S/c1-15-7-9-19(16(2)11-15)26-24-27(18-5-3-4-6-18)21(14-30-24)17-8-10-22-20(12-17)25-23(28)13-29-22/h7-12,14,18H,3-6,13H2,1-2H3,(H,25,28). The number of carbonyl (C=O) groups excluding carboxylic acids is 1. The minimum atomic E-state index is -0.112. The number of ether oxygens (including phenoxy) is 1. The molecule has 30 heavy (non-hydrogen) atoms. The van der Waals surface area contributed by atoms with Crippen LogP contribution in [0, 0.1) is 13.8 Å². The van der Waals surface area contributed by atoms with Crippen LogP contribution in [0.3, 0.4) is 0 Å². The van der Waals surface area contributed by atoms with Crippen LogP contribution < -0.4 is 14.9 Å². The van der Waals surface area contributed by atoms with E-state index in [1.165, 1.54) is 36.8 Å². The van der Waals surface area contributed by atoms with Gasteiger partial charge in [0.25, 0.3) is 5.91 Å². The van der Waals surface area contributed by atoms with Gasteiger partial charge in [-0.3, -0.25) is 4.79 Å². The lowest BCUT2D eigenvalue weighted by Gasteiger charge is -2.20. The maximum absolute atomic E-state index is 11.8. The van der Waals surface area contributed by atoms with E-state index in [9.17, 15) is 4.79 Å². The monoisotopic (exact) mass is 419 g/mol. The van der Waals surface area contributed by atoms with Gasteiger partial charge in [-0.2, -0.15) is 0 Å². The number of carbonyl (C=O) groups is 1. The predicted molar refractivity (Wildman–Crippen MR) is 121 cm³/mol. The molecule has 2 aliphatic rings. The second-order valence-electron chi connectivity index (χ2n) is 8.16. The van der Waals surface area contributed by atoms with Crippen LogP contribution in [0.1, 0.15) is 42.9 Å². The van der Waals surface area contributed by atoms with E-state index < -0.39 is 0 Å². The van der Waals surface area contributed by atoms with Crippen molar-refractivity contribution in [3.63, 3.8) is 0 Å². The third-order valence-corrected chi connectivity index (χ3v) is 6.75. The van der Waals surface area contributed by atoms with Gasteiger partial charge in [0.15, 0.2) is 11.4 Å². The average molecular weight is 420 g/mol. The van der Waals surface area contributed by atoms with Gasteiger partial charge in [-0.25, -0.2) is 4.99 Å². The highest BCUT2D eigenvalue weighted by atomic mass is 32.1. The Bertz CT molecular complexity index is 1190. The lowest BCUT2D eigenvalue weighted by atomic mass is 10.1. The van der Waals surface area contributed by atoms with E-state index in [1.54, 1.807) is 11.3 Å². The van der Waals surface area contributed by atoms with Gasteiger partial charge in [-0.1, -0.05) is 30.5 Å². The molecule has 1 saturated carbocycles. The number of nitrogens with zero attached hydrogens (tertiary/aromatic N) is 2. The van der Waals surface area contributed by atoms with Gasteiger partial charge >= 0.3 is 0 Å². The summed E-state index contributed by atoms with van der Waals surface area (Å²) in [6.45, 7) is 4.30. The van der Waals surface area contributed by atoms with Crippen molar-refractivity contribution in [1.82, 2.24) is 4.57 Å². The number of aromatic nitrogens is 1. The van der Waals surface area contributed by atoms with Crippen molar-refractivity contribution in [1.29, 1.82) is 0 Å². The zero-order valence-corrected chi connectivity index (χ0v) is 18.1. The Hall–Kier alpha value is -2.86. The lowest BCUT2D eigenvalue weighted by Crippen LogP contribution is -2.25. The molecule has 0 spiro atoms. The number of hydrogen-bond acceptors (Lipinski definition) is 4. The first-order valence-corrected chi connectivity index (χ1v) is 11.4. The number of hydrogen-bond donors (Lipinski definition) is 1. The third kappa shape index (κ3) is 3.56. The molecule has 1 aliphatic carbocycles. The van der Waals surface area contributed by atoms with Crippen molar-refractivity contribution in [3.05, 3.63) is 57.7 Å². The molecular weight excluding hydrogens is 394 g/mol. The van der Waals surface area contributed by atoms with Gasteiger partial charge < -0.3 is 14.6 Å². The number of nitrogens with one attached hydrogen (secondary N) is 1. The highest BCUT2D eigenvalue weighted by Gasteiger charge is 2.23. The van der Waals surface area contributed by atoms with Gasteiger partial charge in [-0.05, 0) is 56.5 Å². The second kappa shape index (κ2) is 7.76. The summed E-state index contributed by atoms with van der Waals surface area (Å²) >= 11 is 1.68. The molecule has 1 aliphatic heterocycles. The number of rotatable bonds is 3. The fourth-order valence-electron chi connectivity index (χ4n) is 4.40. The molecule has 1 fully saturated rings. The maximum atomic E-state index is 11.8. The molecule has 0 saturated heterocycles. The van der Waals surface area contributed by atoms with Crippen molar-refractivity contribution in [3.8, 4) is 17.0 Å². The fourth-order valence-corrected chi connectivity index (χ4v) is 5.38. The quantitative estimate of drug-likeness (QED) is 0.608. The maximum Gasteiger partial charge on any atom is 0.262 e. The van der Waals surface area contributed by atoms with E-state index in [-0.39, 0.29) is 12.5 Å². The summed E-state index contributed by atoms with van der Waals surface area (Å²) in [6.07, 6.45) is 4.86. The molecule has 1 amide bonds. The molecule has 3 aromatic rings. The number of amides is 1. The van der Waals surface area contributed by atoms with Crippen LogP contribution in [-0.4, -0.2) is 17.1 Å². The first kappa shape index (κ1) is 19.1. The Balaban J connectivity index is 1.64. The highest BCUT2D eigenvalue weighted by Crippen LogP contribution is 2.37. The van der Waals surface area contributed by atoms with Crippen LogP contribution in [0.25, 0.3) is 11.3 Å². The molecule has 6 heteroatoms. The molecule has 0 bridgehead atoms. The Kier molecular flexibility index (Phi) is 4.95. The van der Waals surface area contributed by atoms with Crippen LogP contribution >= 0.6 is 11.3 Å². The van der Waals surface area contributed by atoms with Crippen LogP contribution in [-0.2, 0) is 4.79 Å². The molecular formula is C24H25N3O2S. The van der Waals surface area contributed by atoms with E-state index in [0.29, 0.717) is 6.04 Å². The Labute approximate surface area is 180 Å². The number of anilines is 1. The molecule has 0 radical (unpaired) electrons. The molecule has 1 N–H and O–H groups in total. The summed E-state index contributed by atoms with van der Waals surface area (Å²) < 4.78 is 7.94. The van der Waals surface area contributed by atoms with E-state index in [2.05, 4.69) is 53.4 Å². The van der Waals surface area contributed by atoms with Crippen molar-refractivity contribution < 1.29 is 9.53 Å². The first-order valence-electron chi connectivity index (χ1n) is 10.5. The summed E-state index contributed by atoms with van der Waals surface area (Å²) in [7, 11) is 0. The van der Waals surface area contributed by atoms with Crippen molar-refractivity contribution in [2.45, 2.75) is 45.6 Å². The van der Waals surface area contributed by atoms with E-state index in [1.807, 2.05) is 12.1 Å². The number of benzene rings is 2. The second-order valence-corrected chi connectivity index (χ2v) is 9.00. The van der Waals surface area contributed by atoms with Crippen LogP contribution in [0.15, 0.2) is 46.8 Å². The Morgan fingerprint density at radius 1 is 1.13 bits per heavy atom. The van der Waals surface area contributed by atoms with Crippen LogP contribution in [0.2, 0.25) is 0 Å². The molecule has 154 valence electrons. The number of aryl methyl sites for hydroxylation is 2. The molecule has 1 aromatic heterocycles. The normalized spacial score (nSPS) is 17.0. The molecule has 0 atom stereocenters. The highest BCUT2D eigenvalue weighted by molar-refractivity contribution is 7.07. The smallest absolute Gasteiger partial charge is 0.262 e. The molecule has 5 rings (SSSR count). The fraction of sp³-hybridized carbons (Fsp3) is 0.333. The van der Waals surface area contributed by atoms with Crippen molar-refractivity contribution >= 4 is 28.6 Å². The first-order chi connectivity index (χ1) is 14.6. The van der Waals surface area contributed by atoms with E-state index in [0.717, 1.165) is 33.2 Å². The molecule has 5 nitrogen and oxygen atoms in total. The zero-order valence-electron chi connectivity index (χ0n) is 17.3. The summed E-state index contributed by atoms with van der Waals surface area (Å²) in [6, 6.07) is 12.9. The zero-order chi connectivity index (χ0) is 20.7. The van der Waals surface area contributed by atoms with Gasteiger partial charge in [0.2, 0.25) is 0 Å². The summed E-state index contributed by atoms with van der Waals surface area (Å²) in [4.78, 5) is 17.8. The van der Waals surface area contributed by atoms with Crippen molar-refractivity contribution in [2.75, 3.05) is 11.9 Å². The largest absolute Gasteiger partial charge is 0.482 e. The van der Waals surface area contributed by atoms with Gasteiger partial charge in [-0.15, -0.1) is 11.3 Å². The lowest BCUT2D eigenvalue weighted by molar-refractivity contribution is -0.118. The van der Waals surface area contributed by atoms with Crippen LogP contribution in [0.5, 0.6) is 5.75 Å². The average Bonchev–Trinajstić information content (AvgIpc) is 3.39. The van der Waals surface area contributed by atoms with Crippen LogP contribution in [0.4, 0.5) is 11.4 Å². The minimum absolute atomic E-state index is 0.0752. The topological polar surface area (TPSA) is 55.6 Å². The van der Waals surface area contributed by atoms with E-state index in [4.69, 9.17) is 9.73 Å². The summed E-state index contributed by atoms with van der Waals surface area (Å²) in [5.74, 6) is 0.611. The summed E-state index contributed by atoms with van der Waals surface area (Å²) in [5.41, 5.74) is 6.42. The Morgan fingerprint density at radius 2 is 1.97 bits per heavy atom. The number of thiazole rings is 1. The number of fused-ring (bicyclic) bond motifs is 1. The summed E-state index contributed by atoms with van der Waals surface area (Å²) in [5, 5.41) is 5.11.